The van der Waals surface area contributed by atoms with Crippen LogP contribution >= 0.6 is 11.3 Å². The molecule has 6 rings (SSSR count). The highest BCUT2D eigenvalue weighted by molar-refractivity contribution is 7.10. The summed E-state index contributed by atoms with van der Waals surface area (Å²) >= 11 is 1.73. The second-order valence-corrected chi connectivity index (χ2v) is 10.9. The Bertz CT molecular complexity index is 1780. The van der Waals surface area contributed by atoms with Gasteiger partial charge in [-0.05, 0) is 74.0 Å². The van der Waals surface area contributed by atoms with Gasteiger partial charge in [-0.1, -0.05) is 13.0 Å². The molecule has 0 spiro atoms. The summed E-state index contributed by atoms with van der Waals surface area (Å²) in [6, 6.07) is 13.6. The molecule has 4 aromatic heterocycles. The molecule has 0 fully saturated rings. The van der Waals surface area contributed by atoms with E-state index in [1.54, 1.807) is 59.2 Å². The van der Waals surface area contributed by atoms with E-state index in [0.717, 1.165) is 12.1 Å². The fourth-order valence-electron chi connectivity index (χ4n) is 5.25. The molecule has 1 atom stereocenters. The fourth-order valence-corrected chi connectivity index (χ4v) is 6.21. The summed E-state index contributed by atoms with van der Waals surface area (Å²) in [5.74, 6) is -1.04. The van der Waals surface area contributed by atoms with E-state index in [9.17, 15) is 9.59 Å². The molecular formula is C31H28FN5O3S. The Morgan fingerprint density at radius 3 is 2.68 bits per heavy atom. The number of ether oxygens (including phenoxy) is 1. The number of esters is 1. The Labute approximate surface area is 240 Å². The summed E-state index contributed by atoms with van der Waals surface area (Å²) < 4.78 is 22.1. The van der Waals surface area contributed by atoms with E-state index in [1.165, 1.54) is 22.7 Å². The van der Waals surface area contributed by atoms with E-state index in [-0.39, 0.29) is 18.6 Å². The first-order valence-corrected chi connectivity index (χ1v) is 14.5. The van der Waals surface area contributed by atoms with Crippen LogP contribution in [0, 0.1) is 5.82 Å². The van der Waals surface area contributed by atoms with Crippen molar-refractivity contribution in [3.05, 3.63) is 93.3 Å². The third kappa shape index (κ3) is 4.88. The maximum Gasteiger partial charge on any atom is 0.339 e. The number of aromatic nitrogens is 4. The van der Waals surface area contributed by atoms with Crippen LogP contribution in [0.1, 0.15) is 63.8 Å². The van der Waals surface area contributed by atoms with Crippen LogP contribution in [0.3, 0.4) is 0 Å². The molecular weight excluding hydrogens is 541 g/mol. The number of fused-ring (bicyclic) bond motifs is 2. The number of hydrogen-bond acceptors (Lipinski definition) is 7. The van der Waals surface area contributed by atoms with Crippen molar-refractivity contribution >= 4 is 28.9 Å². The van der Waals surface area contributed by atoms with Gasteiger partial charge in [-0.15, -0.1) is 11.3 Å². The van der Waals surface area contributed by atoms with Gasteiger partial charge < -0.3 is 9.64 Å². The zero-order chi connectivity index (χ0) is 28.7. The van der Waals surface area contributed by atoms with Gasteiger partial charge in [0.05, 0.1) is 29.6 Å². The van der Waals surface area contributed by atoms with Crippen LogP contribution in [0.2, 0.25) is 0 Å². The Morgan fingerprint density at radius 1 is 1.10 bits per heavy atom. The van der Waals surface area contributed by atoms with Crippen LogP contribution in [-0.4, -0.2) is 49.5 Å². The van der Waals surface area contributed by atoms with Crippen molar-refractivity contribution < 1.29 is 18.7 Å². The standard InChI is InChI=1S/C31H28FN5O3S/c1-4-21-15-27(30(38)36-12-10-28-22(18(36)3)11-13-41-28)34-29-16-26(35-37(21)29)23-8-6-19(14-24(23)32)25-9-7-20(17-33-25)31(39)40-5-2/h6-9,11,13-18H,4-5,10,12H2,1-3H3/t18-/m1/s1. The Balaban J connectivity index is 1.29. The van der Waals surface area contributed by atoms with Gasteiger partial charge in [0, 0.05) is 40.5 Å². The van der Waals surface area contributed by atoms with Gasteiger partial charge in [-0.25, -0.2) is 18.7 Å². The van der Waals surface area contributed by atoms with Crippen molar-refractivity contribution in [3.63, 3.8) is 0 Å². The van der Waals surface area contributed by atoms with E-state index >= 15 is 4.39 Å². The molecule has 0 saturated heterocycles. The molecule has 0 radical (unpaired) electrons. The quantitative estimate of drug-likeness (QED) is 0.228. The smallest absolute Gasteiger partial charge is 0.339 e. The first kappa shape index (κ1) is 26.8. The molecule has 41 heavy (non-hydrogen) atoms. The minimum absolute atomic E-state index is 0.0236. The lowest BCUT2D eigenvalue weighted by molar-refractivity contribution is 0.0525. The van der Waals surface area contributed by atoms with E-state index in [1.807, 2.05) is 11.8 Å². The van der Waals surface area contributed by atoms with Gasteiger partial charge in [-0.2, -0.15) is 5.10 Å². The third-order valence-corrected chi connectivity index (χ3v) is 8.43. The summed E-state index contributed by atoms with van der Waals surface area (Å²) in [7, 11) is 0. The Kier molecular flexibility index (Phi) is 7.08. The first-order chi connectivity index (χ1) is 19.9. The maximum atomic E-state index is 15.4. The highest BCUT2D eigenvalue weighted by Gasteiger charge is 2.30. The van der Waals surface area contributed by atoms with Crippen molar-refractivity contribution in [2.24, 2.45) is 0 Å². The number of carbonyl (C=O) groups excluding carboxylic acids is 2. The second kappa shape index (κ2) is 10.9. The van der Waals surface area contributed by atoms with Crippen LogP contribution in [-0.2, 0) is 17.6 Å². The molecule has 5 heterocycles. The highest BCUT2D eigenvalue weighted by atomic mass is 32.1. The summed E-state index contributed by atoms with van der Waals surface area (Å²) in [5.41, 5.74) is 5.01. The lowest BCUT2D eigenvalue weighted by Crippen LogP contribution is -2.38. The summed E-state index contributed by atoms with van der Waals surface area (Å²) in [5, 5.41) is 6.72. The highest BCUT2D eigenvalue weighted by Crippen LogP contribution is 2.34. The average molecular weight is 570 g/mol. The molecule has 208 valence electrons. The Hall–Kier alpha value is -4.44. The van der Waals surface area contributed by atoms with Crippen LogP contribution < -0.4 is 0 Å². The third-order valence-electron chi connectivity index (χ3n) is 7.44. The van der Waals surface area contributed by atoms with Crippen molar-refractivity contribution in [1.82, 2.24) is 24.5 Å². The number of pyridine rings is 1. The SMILES string of the molecule is CCOC(=O)c1ccc(-c2ccc(-c3cc4nc(C(=O)N5CCc6sccc6[C@H]5C)cc(CC)n4n3)c(F)c2)nc1. The number of carbonyl (C=O) groups is 2. The lowest BCUT2D eigenvalue weighted by atomic mass is 10.0. The van der Waals surface area contributed by atoms with Crippen LogP contribution in [0.25, 0.3) is 28.2 Å². The second-order valence-electron chi connectivity index (χ2n) is 9.86. The van der Waals surface area contributed by atoms with Crippen LogP contribution in [0.15, 0.2) is 60.1 Å². The zero-order valence-corrected chi connectivity index (χ0v) is 23.7. The van der Waals surface area contributed by atoms with Crippen LogP contribution in [0.4, 0.5) is 4.39 Å². The lowest BCUT2D eigenvalue weighted by Gasteiger charge is -2.33. The minimum atomic E-state index is -0.467. The maximum absolute atomic E-state index is 15.4. The van der Waals surface area contributed by atoms with E-state index in [2.05, 4.69) is 33.4 Å². The molecule has 1 aromatic carbocycles. The van der Waals surface area contributed by atoms with E-state index in [0.29, 0.717) is 52.4 Å². The number of rotatable bonds is 6. The van der Waals surface area contributed by atoms with Crippen molar-refractivity contribution in [1.29, 1.82) is 0 Å². The average Bonchev–Trinajstić information content (AvgIpc) is 3.64. The van der Waals surface area contributed by atoms with Gasteiger partial charge >= 0.3 is 5.97 Å². The molecule has 0 aliphatic carbocycles. The molecule has 5 aromatic rings. The van der Waals surface area contributed by atoms with Gasteiger partial charge in [0.2, 0.25) is 0 Å². The molecule has 0 saturated carbocycles. The van der Waals surface area contributed by atoms with E-state index in [4.69, 9.17) is 4.74 Å². The molecule has 0 N–H and O–H groups in total. The van der Waals surface area contributed by atoms with E-state index < -0.39 is 11.8 Å². The largest absolute Gasteiger partial charge is 0.462 e. The number of halogens is 1. The summed E-state index contributed by atoms with van der Waals surface area (Å²) in [6.07, 6.45) is 2.88. The van der Waals surface area contributed by atoms with Gasteiger partial charge in [0.15, 0.2) is 5.65 Å². The monoisotopic (exact) mass is 569 g/mol. The van der Waals surface area contributed by atoms with Crippen LogP contribution in [0.5, 0.6) is 0 Å². The molecule has 10 heteroatoms. The number of benzene rings is 1. The molecule has 0 bridgehead atoms. The van der Waals surface area contributed by atoms with Gasteiger partial charge in [0.1, 0.15) is 11.5 Å². The number of nitrogens with zero attached hydrogens (tertiary/aromatic N) is 5. The Morgan fingerprint density at radius 2 is 1.95 bits per heavy atom. The molecule has 0 unspecified atom stereocenters. The number of aryl methyl sites for hydroxylation is 1. The summed E-state index contributed by atoms with van der Waals surface area (Å²) in [6.45, 7) is 6.69. The molecule has 1 aliphatic heterocycles. The first-order valence-electron chi connectivity index (χ1n) is 13.6. The summed E-state index contributed by atoms with van der Waals surface area (Å²) in [4.78, 5) is 37.6. The molecule has 1 amide bonds. The molecule has 8 nitrogen and oxygen atoms in total. The normalized spacial score (nSPS) is 14.7. The van der Waals surface area contributed by atoms with Crippen molar-refractivity contribution in [2.45, 2.75) is 39.7 Å². The fraction of sp³-hybridized carbons (Fsp3) is 0.258. The minimum Gasteiger partial charge on any atom is -0.462 e. The number of thiophene rings is 1. The van der Waals surface area contributed by atoms with Crippen molar-refractivity contribution in [2.75, 3.05) is 13.2 Å². The van der Waals surface area contributed by atoms with Gasteiger partial charge in [0.25, 0.3) is 5.91 Å². The number of hydrogen-bond donors (Lipinski definition) is 0. The number of amides is 1. The predicted molar refractivity (Wildman–Crippen MR) is 154 cm³/mol. The molecule has 1 aliphatic rings. The predicted octanol–water partition coefficient (Wildman–Crippen LogP) is 6.16. The zero-order valence-electron chi connectivity index (χ0n) is 22.9. The topological polar surface area (TPSA) is 89.7 Å². The van der Waals surface area contributed by atoms with Gasteiger partial charge in [-0.3, -0.25) is 9.78 Å². The van der Waals surface area contributed by atoms with Crippen molar-refractivity contribution in [3.8, 4) is 22.5 Å².